The van der Waals surface area contributed by atoms with Crippen molar-refractivity contribution in [3.63, 3.8) is 0 Å². The second-order valence-electron chi connectivity index (χ2n) is 7.07. The Hall–Kier alpha value is -4.58. The normalized spacial score (nSPS) is 11.5. The molecule has 2 aromatic heterocycles. The summed E-state index contributed by atoms with van der Waals surface area (Å²) in [6.45, 7) is 1.87. The molecule has 0 aliphatic heterocycles. The van der Waals surface area contributed by atoms with Crippen LogP contribution in [0.5, 0.6) is 0 Å². The zero-order chi connectivity index (χ0) is 22.7. The number of para-hydroxylation sites is 1. The molecule has 0 amide bonds. The molecule has 4 N–H and O–H groups in total. The van der Waals surface area contributed by atoms with Crippen LogP contribution in [0.1, 0.15) is 35.3 Å². The van der Waals surface area contributed by atoms with Crippen LogP contribution in [-0.2, 0) is 0 Å². The van der Waals surface area contributed by atoms with Gasteiger partial charge >= 0.3 is 0 Å². The van der Waals surface area contributed by atoms with Crippen molar-refractivity contribution in [1.82, 2.24) is 19.5 Å². The predicted molar refractivity (Wildman–Crippen MR) is 119 cm³/mol. The van der Waals surface area contributed by atoms with Crippen LogP contribution in [0.2, 0.25) is 0 Å². The quantitative estimate of drug-likeness (QED) is 0.402. The van der Waals surface area contributed by atoms with Crippen molar-refractivity contribution < 1.29 is 4.39 Å². The molecule has 0 saturated heterocycles. The number of hydrogen-bond donors (Lipinski definition) is 3. The van der Waals surface area contributed by atoms with E-state index in [1.165, 1.54) is 18.7 Å². The summed E-state index contributed by atoms with van der Waals surface area (Å²) in [7, 11) is 0. The first-order valence-corrected chi connectivity index (χ1v) is 9.73. The maximum atomic E-state index is 14.1. The van der Waals surface area contributed by atoms with E-state index in [9.17, 15) is 4.39 Å². The molecule has 0 saturated carbocycles. The van der Waals surface area contributed by atoms with Crippen LogP contribution in [0.25, 0.3) is 5.69 Å². The summed E-state index contributed by atoms with van der Waals surface area (Å²) in [5.74, 6) is 0.146. The molecule has 0 fully saturated rings. The molecule has 0 radical (unpaired) electrons. The Morgan fingerprint density at radius 2 is 2.00 bits per heavy atom. The van der Waals surface area contributed by atoms with Crippen molar-refractivity contribution in [2.24, 2.45) is 0 Å². The van der Waals surface area contributed by atoms with Gasteiger partial charge in [-0.3, -0.25) is 5.41 Å². The van der Waals surface area contributed by atoms with Crippen molar-refractivity contribution in [2.45, 2.75) is 13.0 Å². The highest BCUT2D eigenvalue weighted by molar-refractivity contribution is 6.16. The summed E-state index contributed by atoms with van der Waals surface area (Å²) in [6.07, 6.45) is 4.57. The first kappa shape index (κ1) is 20.7. The van der Waals surface area contributed by atoms with Crippen molar-refractivity contribution in [1.29, 1.82) is 10.7 Å². The lowest BCUT2D eigenvalue weighted by atomic mass is 10.0. The maximum Gasteiger partial charge on any atom is 0.147 e. The van der Waals surface area contributed by atoms with E-state index in [2.05, 4.69) is 26.3 Å². The number of hydrogen-bond acceptors (Lipinski definition) is 7. The van der Waals surface area contributed by atoms with Crippen LogP contribution in [0.4, 0.5) is 16.0 Å². The van der Waals surface area contributed by atoms with Crippen LogP contribution in [0.15, 0.2) is 67.4 Å². The van der Waals surface area contributed by atoms with Crippen LogP contribution in [0.3, 0.4) is 0 Å². The number of nitrogen functional groups attached to an aromatic ring is 1. The molecule has 158 valence electrons. The first-order chi connectivity index (χ1) is 15.5. The number of rotatable bonds is 6. The molecule has 8 nitrogen and oxygen atoms in total. The lowest BCUT2D eigenvalue weighted by Crippen LogP contribution is -2.16. The van der Waals surface area contributed by atoms with E-state index in [4.69, 9.17) is 16.4 Å². The number of nitrogens with zero attached hydrogens (tertiary/aromatic N) is 5. The number of anilines is 2. The summed E-state index contributed by atoms with van der Waals surface area (Å²) < 4.78 is 15.7. The Bertz CT molecular complexity index is 1340. The molecule has 2 aromatic carbocycles. The van der Waals surface area contributed by atoms with Crippen molar-refractivity contribution >= 4 is 17.3 Å². The van der Waals surface area contributed by atoms with Gasteiger partial charge in [-0.25, -0.2) is 19.3 Å². The van der Waals surface area contributed by atoms with Gasteiger partial charge in [0.1, 0.15) is 23.8 Å². The fourth-order valence-electron chi connectivity index (χ4n) is 3.28. The number of benzene rings is 2. The van der Waals surface area contributed by atoms with Gasteiger partial charge in [-0.05, 0) is 31.2 Å². The lowest BCUT2D eigenvalue weighted by molar-refractivity contribution is 0.618. The minimum atomic E-state index is -0.351. The van der Waals surface area contributed by atoms with E-state index < -0.39 is 0 Å². The van der Waals surface area contributed by atoms with Crippen LogP contribution < -0.4 is 11.1 Å². The second-order valence-corrected chi connectivity index (χ2v) is 7.07. The lowest BCUT2D eigenvalue weighted by Gasteiger charge is -2.17. The van der Waals surface area contributed by atoms with Crippen LogP contribution in [0, 0.1) is 22.6 Å². The Morgan fingerprint density at radius 1 is 1.19 bits per heavy atom. The second kappa shape index (κ2) is 8.65. The van der Waals surface area contributed by atoms with E-state index in [1.54, 1.807) is 53.2 Å². The molecular weight excluding hydrogens is 407 g/mol. The Morgan fingerprint density at radius 3 is 2.78 bits per heavy atom. The minimum absolute atomic E-state index is 0.0896. The average molecular weight is 426 g/mol. The van der Waals surface area contributed by atoms with Crippen molar-refractivity contribution in [3.8, 4) is 11.8 Å². The third kappa shape index (κ3) is 4.02. The van der Waals surface area contributed by atoms with Gasteiger partial charge in [-0.15, -0.1) is 0 Å². The van der Waals surface area contributed by atoms with Gasteiger partial charge in [0.25, 0.3) is 0 Å². The van der Waals surface area contributed by atoms with Gasteiger partial charge in [-0.1, -0.05) is 24.3 Å². The SMILES string of the molecule is CC(Nc1ncnc(N)c1C(=N)c1cccc(C#N)c1)c1cn(-c2ccccc2F)cn1. The maximum absolute atomic E-state index is 14.1. The van der Waals surface area contributed by atoms with E-state index in [0.29, 0.717) is 33.9 Å². The number of aromatic nitrogens is 4. The molecule has 0 spiro atoms. The van der Waals surface area contributed by atoms with Crippen molar-refractivity contribution in [2.75, 3.05) is 11.1 Å². The zero-order valence-corrected chi connectivity index (χ0v) is 17.1. The van der Waals surface area contributed by atoms with Gasteiger partial charge in [0, 0.05) is 11.8 Å². The monoisotopic (exact) mass is 426 g/mol. The average Bonchev–Trinajstić information content (AvgIpc) is 3.29. The van der Waals surface area contributed by atoms with E-state index in [1.807, 2.05) is 6.92 Å². The van der Waals surface area contributed by atoms with Gasteiger partial charge in [-0.2, -0.15) is 5.26 Å². The summed E-state index contributed by atoms with van der Waals surface area (Å²) in [5, 5.41) is 21.0. The summed E-state index contributed by atoms with van der Waals surface area (Å²) in [6, 6.07) is 14.9. The summed E-state index contributed by atoms with van der Waals surface area (Å²) >= 11 is 0. The fourth-order valence-corrected chi connectivity index (χ4v) is 3.28. The standard InChI is InChI=1S/C23H19FN8/c1-14(18-11-32(13-30-18)19-8-3-2-7-17(19)24)31-23-20(22(27)28-12-29-23)21(26)16-6-4-5-15(9-16)10-25/h2-9,11-14,26H,1H3,(H3,27,28,29,31). The molecule has 0 bridgehead atoms. The van der Waals surface area contributed by atoms with E-state index in [-0.39, 0.29) is 23.4 Å². The summed E-state index contributed by atoms with van der Waals surface area (Å²) in [5.41, 5.74) is 8.49. The molecule has 4 rings (SSSR count). The first-order valence-electron chi connectivity index (χ1n) is 9.73. The smallest absolute Gasteiger partial charge is 0.147 e. The van der Waals surface area contributed by atoms with Gasteiger partial charge < -0.3 is 15.6 Å². The Balaban J connectivity index is 1.63. The molecule has 1 unspecified atom stereocenters. The van der Waals surface area contributed by atoms with Crippen molar-refractivity contribution in [3.05, 3.63) is 95.6 Å². The fraction of sp³-hybridized carbons (Fsp3) is 0.0870. The number of nitriles is 1. The number of nitrogens with one attached hydrogen (secondary N) is 2. The van der Waals surface area contributed by atoms with Gasteiger partial charge in [0.2, 0.25) is 0 Å². The number of halogens is 1. The van der Waals surface area contributed by atoms with Crippen LogP contribution >= 0.6 is 0 Å². The van der Waals surface area contributed by atoms with Crippen LogP contribution in [-0.4, -0.2) is 25.2 Å². The molecule has 2 heterocycles. The summed E-state index contributed by atoms with van der Waals surface area (Å²) in [4.78, 5) is 12.7. The Kier molecular flexibility index (Phi) is 5.59. The molecule has 32 heavy (non-hydrogen) atoms. The Labute approximate surface area is 183 Å². The highest BCUT2D eigenvalue weighted by Crippen LogP contribution is 2.26. The van der Waals surface area contributed by atoms with Gasteiger partial charge in [0.05, 0.1) is 46.7 Å². The third-order valence-electron chi connectivity index (χ3n) is 4.94. The molecule has 4 aromatic rings. The topological polar surface area (TPSA) is 129 Å². The van der Waals surface area contributed by atoms with Gasteiger partial charge in [0.15, 0.2) is 0 Å². The predicted octanol–water partition coefficient (Wildman–Crippen LogP) is 3.84. The molecule has 9 heteroatoms. The largest absolute Gasteiger partial charge is 0.383 e. The van der Waals surface area contributed by atoms with E-state index >= 15 is 0 Å². The highest BCUT2D eigenvalue weighted by atomic mass is 19.1. The zero-order valence-electron chi connectivity index (χ0n) is 17.1. The molecular formula is C23H19FN8. The number of nitrogens with two attached hydrogens (primary N) is 1. The third-order valence-corrected chi connectivity index (χ3v) is 4.94. The molecule has 1 atom stereocenters. The molecule has 0 aliphatic rings. The highest BCUT2D eigenvalue weighted by Gasteiger charge is 2.19. The van der Waals surface area contributed by atoms with E-state index in [0.717, 1.165) is 0 Å². The minimum Gasteiger partial charge on any atom is -0.383 e. The number of imidazole rings is 1. The molecule has 0 aliphatic carbocycles.